The van der Waals surface area contributed by atoms with Gasteiger partial charge in [0.25, 0.3) is 5.56 Å². The smallest absolute Gasteiger partial charge is 0.286 e. The molecule has 0 radical (unpaired) electrons. The third-order valence-electron chi connectivity index (χ3n) is 1.33. The SMILES string of the molecule is O=c1c(F)cc(Br)cn1CCF. The van der Waals surface area contributed by atoms with Crippen molar-refractivity contribution in [1.29, 1.82) is 0 Å². The molecule has 0 atom stereocenters. The van der Waals surface area contributed by atoms with E-state index in [1.54, 1.807) is 0 Å². The third kappa shape index (κ3) is 1.91. The second-order valence-electron chi connectivity index (χ2n) is 2.19. The minimum Gasteiger partial charge on any atom is -0.309 e. The van der Waals surface area contributed by atoms with Crippen molar-refractivity contribution in [1.82, 2.24) is 4.57 Å². The van der Waals surface area contributed by atoms with E-state index in [0.29, 0.717) is 4.47 Å². The normalized spacial score (nSPS) is 10.2. The summed E-state index contributed by atoms with van der Waals surface area (Å²) in [6.45, 7) is -0.801. The van der Waals surface area contributed by atoms with Crippen LogP contribution in [-0.4, -0.2) is 11.2 Å². The molecule has 1 rings (SSSR count). The number of pyridine rings is 1. The van der Waals surface area contributed by atoms with E-state index in [-0.39, 0.29) is 6.54 Å². The summed E-state index contributed by atoms with van der Waals surface area (Å²) in [6.07, 6.45) is 1.35. The van der Waals surface area contributed by atoms with Crippen molar-refractivity contribution >= 4 is 15.9 Å². The zero-order valence-electron chi connectivity index (χ0n) is 6.06. The summed E-state index contributed by atoms with van der Waals surface area (Å²) in [5.41, 5.74) is -0.796. The summed E-state index contributed by atoms with van der Waals surface area (Å²) in [6, 6.07) is 1.05. The van der Waals surface area contributed by atoms with Crippen LogP contribution < -0.4 is 5.56 Å². The lowest BCUT2D eigenvalue weighted by molar-refractivity contribution is 0.433. The summed E-state index contributed by atoms with van der Waals surface area (Å²) in [5, 5.41) is 0. The molecule has 0 aliphatic carbocycles. The van der Waals surface area contributed by atoms with Crippen molar-refractivity contribution in [2.75, 3.05) is 6.67 Å². The van der Waals surface area contributed by atoms with Gasteiger partial charge in [0.1, 0.15) is 6.67 Å². The number of aromatic nitrogens is 1. The largest absolute Gasteiger partial charge is 0.309 e. The first-order valence-corrected chi connectivity index (χ1v) is 4.06. The van der Waals surface area contributed by atoms with Crippen molar-refractivity contribution in [2.24, 2.45) is 0 Å². The highest BCUT2D eigenvalue weighted by atomic mass is 79.9. The van der Waals surface area contributed by atoms with Gasteiger partial charge in [-0.25, -0.2) is 8.78 Å². The second kappa shape index (κ2) is 3.80. The number of aryl methyl sites for hydroxylation is 1. The van der Waals surface area contributed by atoms with Crippen molar-refractivity contribution in [3.63, 3.8) is 0 Å². The summed E-state index contributed by atoms with van der Waals surface area (Å²) < 4.78 is 25.9. The highest BCUT2D eigenvalue weighted by Gasteiger charge is 2.03. The van der Waals surface area contributed by atoms with Crippen LogP contribution in [0.2, 0.25) is 0 Å². The highest BCUT2D eigenvalue weighted by molar-refractivity contribution is 9.10. The van der Waals surface area contributed by atoms with Crippen LogP contribution in [0.25, 0.3) is 0 Å². The van der Waals surface area contributed by atoms with Gasteiger partial charge in [0.05, 0.1) is 6.54 Å². The number of alkyl halides is 1. The Morgan fingerprint density at radius 1 is 1.58 bits per heavy atom. The van der Waals surface area contributed by atoms with Crippen molar-refractivity contribution < 1.29 is 8.78 Å². The van der Waals surface area contributed by atoms with Gasteiger partial charge in [-0.05, 0) is 22.0 Å². The predicted molar refractivity (Wildman–Crippen MR) is 44.3 cm³/mol. The van der Waals surface area contributed by atoms with Gasteiger partial charge in [0.15, 0.2) is 5.82 Å². The predicted octanol–water partition coefficient (Wildman–Crippen LogP) is 1.72. The van der Waals surface area contributed by atoms with Gasteiger partial charge in [-0.1, -0.05) is 0 Å². The number of rotatable bonds is 2. The molecule has 0 N–H and O–H groups in total. The Labute approximate surface area is 76.0 Å². The summed E-state index contributed by atoms with van der Waals surface area (Å²) in [7, 11) is 0. The number of hydrogen-bond donors (Lipinski definition) is 0. The minimum absolute atomic E-state index is 0.116. The average molecular weight is 238 g/mol. The van der Waals surface area contributed by atoms with E-state index in [0.717, 1.165) is 10.6 Å². The van der Waals surface area contributed by atoms with Crippen LogP contribution in [0, 0.1) is 5.82 Å². The molecule has 0 aromatic carbocycles. The molecule has 1 aromatic rings. The molecule has 0 aliphatic heterocycles. The van der Waals surface area contributed by atoms with Gasteiger partial charge < -0.3 is 4.57 Å². The van der Waals surface area contributed by atoms with E-state index in [4.69, 9.17) is 0 Å². The molecule has 0 aliphatic rings. The highest BCUT2D eigenvalue weighted by Crippen LogP contribution is 2.07. The molecular weight excluding hydrogens is 232 g/mol. The maximum Gasteiger partial charge on any atom is 0.286 e. The Morgan fingerprint density at radius 2 is 2.25 bits per heavy atom. The Hall–Kier alpha value is -0.710. The van der Waals surface area contributed by atoms with E-state index in [2.05, 4.69) is 15.9 Å². The molecule has 0 saturated heterocycles. The minimum atomic E-state index is -0.877. The van der Waals surface area contributed by atoms with Gasteiger partial charge in [0, 0.05) is 10.7 Å². The van der Waals surface area contributed by atoms with Gasteiger partial charge in [-0.3, -0.25) is 4.79 Å². The molecule has 0 amide bonds. The van der Waals surface area contributed by atoms with E-state index in [9.17, 15) is 13.6 Å². The van der Waals surface area contributed by atoms with Crippen LogP contribution in [0.3, 0.4) is 0 Å². The molecule has 1 aromatic heterocycles. The molecule has 2 nitrogen and oxygen atoms in total. The van der Waals surface area contributed by atoms with E-state index < -0.39 is 18.1 Å². The van der Waals surface area contributed by atoms with Gasteiger partial charge >= 0.3 is 0 Å². The lowest BCUT2D eigenvalue weighted by atomic mass is 10.4. The molecule has 0 fully saturated rings. The van der Waals surface area contributed by atoms with Gasteiger partial charge in [-0.2, -0.15) is 0 Å². The fourth-order valence-corrected chi connectivity index (χ4v) is 1.27. The number of hydrogen-bond acceptors (Lipinski definition) is 1. The molecule has 5 heteroatoms. The standard InChI is InChI=1S/C7H6BrF2NO/c8-5-3-6(10)7(12)11(4-5)2-1-9/h3-4H,1-2H2. The molecule has 0 spiro atoms. The summed E-state index contributed by atoms with van der Waals surface area (Å²) in [5.74, 6) is -0.877. The van der Waals surface area contributed by atoms with Crippen LogP contribution in [0.15, 0.2) is 21.5 Å². The molecule has 66 valence electrons. The van der Waals surface area contributed by atoms with E-state index >= 15 is 0 Å². The lowest BCUT2D eigenvalue weighted by Crippen LogP contribution is -2.23. The second-order valence-corrected chi connectivity index (χ2v) is 3.11. The third-order valence-corrected chi connectivity index (χ3v) is 1.77. The summed E-state index contributed by atoms with van der Waals surface area (Å²) >= 11 is 2.99. The first kappa shape index (κ1) is 9.38. The van der Waals surface area contributed by atoms with E-state index in [1.807, 2.05) is 0 Å². The maximum atomic E-state index is 12.7. The van der Waals surface area contributed by atoms with Gasteiger partial charge in [0.2, 0.25) is 0 Å². The van der Waals surface area contributed by atoms with Crippen LogP contribution in [-0.2, 0) is 6.54 Å². The Balaban J connectivity index is 3.19. The summed E-state index contributed by atoms with van der Waals surface area (Å²) in [4.78, 5) is 10.9. The zero-order chi connectivity index (χ0) is 9.14. The fourth-order valence-electron chi connectivity index (χ4n) is 0.822. The molecule has 1 heterocycles. The molecular formula is C7H6BrF2NO. The van der Waals surface area contributed by atoms with E-state index in [1.165, 1.54) is 6.20 Å². The topological polar surface area (TPSA) is 22.0 Å². The lowest BCUT2D eigenvalue weighted by Gasteiger charge is -2.02. The number of halogens is 3. The van der Waals surface area contributed by atoms with Gasteiger partial charge in [-0.15, -0.1) is 0 Å². The van der Waals surface area contributed by atoms with Crippen LogP contribution in [0.1, 0.15) is 0 Å². The van der Waals surface area contributed by atoms with Crippen LogP contribution >= 0.6 is 15.9 Å². The molecule has 0 bridgehead atoms. The maximum absolute atomic E-state index is 12.7. The van der Waals surface area contributed by atoms with Crippen LogP contribution in [0.4, 0.5) is 8.78 Å². The van der Waals surface area contributed by atoms with Crippen LogP contribution in [0.5, 0.6) is 0 Å². The quantitative estimate of drug-likeness (QED) is 0.768. The molecule has 12 heavy (non-hydrogen) atoms. The van der Waals surface area contributed by atoms with Crippen molar-refractivity contribution in [3.05, 3.63) is 32.9 Å². The Kier molecular flexibility index (Phi) is 2.97. The monoisotopic (exact) mass is 237 g/mol. The first-order chi connectivity index (χ1) is 5.65. The van der Waals surface area contributed by atoms with Crippen molar-refractivity contribution in [2.45, 2.75) is 6.54 Å². The molecule has 0 unspecified atom stereocenters. The number of nitrogens with zero attached hydrogens (tertiary/aromatic N) is 1. The van der Waals surface area contributed by atoms with Crippen molar-refractivity contribution in [3.8, 4) is 0 Å². The Morgan fingerprint density at radius 3 is 2.83 bits per heavy atom. The molecule has 0 saturated carbocycles. The fraction of sp³-hybridized carbons (Fsp3) is 0.286. The Bertz CT molecular complexity index is 337. The zero-order valence-corrected chi connectivity index (χ0v) is 7.64. The average Bonchev–Trinajstić information content (AvgIpc) is 2.00. The first-order valence-electron chi connectivity index (χ1n) is 3.26.